The lowest BCUT2D eigenvalue weighted by Crippen LogP contribution is -2.29. The van der Waals surface area contributed by atoms with Crippen molar-refractivity contribution in [2.45, 2.75) is 31.9 Å². The van der Waals surface area contributed by atoms with Crippen molar-refractivity contribution in [1.82, 2.24) is 0 Å². The van der Waals surface area contributed by atoms with Gasteiger partial charge in [-0.3, -0.25) is 0 Å². The van der Waals surface area contributed by atoms with Crippen LogP contribution in [0.15, 0.2) is 72.8 Å². The van der Waals surface area contributed by atoms with Gasteiger partial charge in [0.05, 0.1) is 18.2 Å². The fourth-order valence-electron chi connectivity index (χ4n) is 4.90. The molecule has 0 bridgehead atoms. The first-order valence-electron chi connectivity index (χ1n) is 11.5. The molecule has 1 aliphatic heterocycles. The summed E-state index contributed by atoms with van der Waals surface area (Å²) in [5, 5.41) is 13.8. The number of carboxylic acids is 1. The van der Waals surface area contributed by atoms with E-state index in [0.29, 0.717) is 41.2 Å². The lowest BCUT2D eigenvalue weighted by molar-refractivity contribution is 0.0696. The van der Waals surface area contributed by atoms with E-state index in [2.05, 4.69) is 29.6 Å². The van der Waals surface area contributed by atoms with Gasteiger partial charge in [0.25, 0.3) is 0 Å². The first kappa shape index (κ1) is 22.4. The Bertz CT molecular complexity index is 1240. The van der Waals surface area contributed by atoms with Crippen LogP contribution in [0.2, 0.25) is 5.02 Å². The van der Waals surface area contributed by atoms with E-state index in [-0.39, 0.29) is 12.0 Å². The van der Waals surface area contributed by atoms with Crippen molar-refractivity contribution < 1.29 is 19.4 Å². The van der Waals surface area contributed by atoms with Crippen LogP contribution < -0.4 is 14.8 Å². The van der Waals surface area contributed by atoms with E-state index >= 15 is 0 Å². The Hall–Kier alpha value is -3.44. The van der Waals surface area contributed by atoms with E-state index in [1.807, 2.05) is 43.3 Å². The maximum atomic E-state index is 11.5. The largest absolute Gasteiger partial charge is 0.490 e. The van der Waals surface area contributed by atoms with Crippen molar-refractivity contribution >= 4 is 23.3 Å². The van der Waals surface area contributed by atoms with Crippen LogP contribution >= 0.6 is 11.6 Å². The summed E-state index contributed by atoms with van der Waals surface area (Å²) in [6.45, 7) is 2.92. The molecule has 0 saturated carbocycles. The number of rotatable bonds is 7. The van der Waals surface area contributed by atoms with E-state index in [0.717, 1.165) is 28.8 Å². The normalized spacial score (nSPS) is 20.2. The van der Waals surface area contributed by atoms with Crippen LogP contribution in [0.25, 0.3) is 0 Å². The number of fused-ring (bicyclic) bond motifs is 3. The van der Waals surface area contributed by atoms with Crippen LogP contribution in [0.4, 0.5) is 5.69 Å². The van der Waals surface area contributed by atoms with Gasteiger partial charge in [-0.1, -0.05) is 42.0 Å². The second-order valence-electron chi connectivity index (χ2n) is 8.64. The molecular weight excluding hydrogens is 450 g/mol. The number of ether oxygens (including phenoxy) is 2. The summed E-state index contributed by atoms with van der Waals surface area (Å²) in [4.78, 5) is 11.5. The first-order valence-corrected chi connectivity index (χ1v) is 11.9. The highest BCUT2D eigenvalue weighted by atomic mass is 35.5. The van der Waals surface area contributed by atoms with Crippen molar-refractivity contribution in [3.63, 3.8) is 0 Å². The van der Waals surface area contributed by atoms with Crippen LogP contribution in [0.1, 0.15) is 52.4 Å². The Morgan fingerprint density at radius 1 is 1.06 bits per heavy atom. The summed E-state index contributed by atoms with van der Waals surface area (Å²) < 4.78 is 12.0. The number of hydrogen-bond acceptors (Lipinski definition) is 4. The molecule has 3 atom stereocenters. The molecule has 6 heteroatoms. The number of carbonyl (C=O) groups is 1. The first-order chi connectivity index (χ1) is 16.5. The van der Waals surface area contributed by atoms with Gasteiger partial charge < -0.3 is 19.9 Å². The summed E-state index contributed by atoms with van der Waals surface area (Å²) in [5.41, 5.74) is 4.49. The molecule has 0 saturated heterocycles. The molecule has 2 aliphatic rings. The second-order valence-corrected chi connectivity index (χ2v) is 9.07. The van der Waals surface area contributed by atoms with Crippen LogP contribution in [-0.2, 0) is 6.61 Å². The number of allylic oxidation sites excluding steroid dienone is 2. The number of aromatic carboxylic acids is 1. The van der Waals surface area contributed by atoms with Gasteiger partial charge in [0.15, 0.2) is 11.5 Å². The van der Waals surface area contributed by atoms with Gasteiger partial charge in [-0.2, -0.15) is 0 Å². The Morgan fingerprint density at radius 2 is 1.88 bits per heavy atom. The fourth-order valence-corrected chi connectivity index (χ4v) is 5.03. The minimum absolute atomic E-state index is 0.0766. The summed E-state index contributed by atoms with van der Waals surface area (Å²) >= 11 is 5.98. The molecule has 34 heavy (non-hydrogen) atoms. The molecule has 3 aromatic carbocycles. The molecule has 1 aliphatic carbocycles. The highest BCUT2D eigenvalue weighted by molar-refractivity contribution is 6.30. The highest BCUT2D eigenvalue weighted by Crippen LogP contribution is 2.50. The summed E-state index contributed by atoms with van der Waals surface area (Å²) in [7, 11) is 0. The van der Waals surface area contributed by atoms with Crippen LogP contribution in [-0.4, -0.2) is 17.7 Å². The van der Waals surface area contributed by atoms with Crippen LogP contribution in [0.3, 0.4) is 0 Å². The minimum Gasteiger partial charge on any atom is -0.490 e. The SMILES string of the molecule is CCOc1cc([C@@H]2Nc3ccc(C(=O)O)cc3[C@@H]3C=CC[C@@H]32)ccc1OCc1ccc(Cl)cc1. The van der Waals surface area contributed by atoms with Crippen molar-refractivity contribution in [3.8, 4) is 11.5 Å². The van der Waals surface area contributed by atoms with E-state index in [9.17, 15) is 9.90 Å². The van der Waals surface area contributed by atoms with Crippen molar-refractivity contribution in [1.29, 1.82) is 0 Å². The molecule has 0 radical (unpaired) electrons. The average Bonchev–Trinajstić information content (AvgIpc) is 3.34. The van der Waals surface area contributed by atoms with Crippen LogP contribution in [0, 0.1) is 5.92 Å². The summed E-state index contributed by atoms with van der Waals surface area (Å²) in [6.07, 6.45) is 5.33. The predicted molar refractivity (Wildman–Crippen MR) is 133 cm³/mol. The maximum Gasteiger partial charge on any atom is 0.335 e. The molecule has 0 fully saturated rings. The van der Waals surface area contributed by atoms with Crippen molar-refractivity contribution in [2.24, 2.45) is 5.92 Å². The van der Waals surface area contributed by atoms with Gasteiger partial charge >= 0.3 is 5.97 Å². The Balaban J connectivity index is 1.42. The van der Waals surface area contributed by atoms with E-state index in [1.54, 1.807) is 12.1 Å². The Morgan fingerprint density at radius 3 is 2.65 bits per heavy atom. The number of carboxylic acid groups (broad SMARTS) is 1. The lowest BCUT2D eigenvalue weighted by Gasteiger charge is -2.37. The zero-order chi connectivity index (χ0) is 23.7. The molecule has 0 spiro atoms. The van der Waals surface area contributed by atoms with Gasteiger partial charge in [-0.05, 0) is 78.4 Å². The van der Waals surface area contributed by atoms with Gasteiger partial charge in [0.2, 0.25) is 0 Å². The third-order valence-corrected chi connectivity index (χ3v) is 6.80. The molecule has 3 aromatic rings. The smallest absolute Gasteiger partial charge is 0.335 e. The second kappa shape index (κ2) is 9.43. The maximum absolute atomic E-state index is 11.5. The number of anilines is 1. The summed E-state index contributed by atoms with van der Waals surface area (Å²) in [6, 6.07) is 19.1. The lowest BCUT2D eigenvalue weighted by atomic mass is 9.76. The topological polar surface area (TPSA) is 67.8 Å². The zero-order valence-corrected chi connectivity index (χ0v) is 19.6. The quantitative estimate of drug-likeness (QED) is 0.366. The van der Waals surface area contributed by atoms with Gasteiger partial charge in [-0.25, -0.2) is 4.79 Å². The van der Waals surface area contributed by atoms with E-state index < -0.39 is 5.97 Å². The molecule has 1 heterocycles. The highest BCUT2D eigenvalue weighted by Gasteiger charge is 2.38. The zero-order valence-electron chi connectivity index (χ0n) is 18.8. The molecule has 2 N–H and O–H groups in total. The minimum atomic E-state index is -0.904. The molecule has 5 rings (SSSR count). The van der Waals surface area contributed by atoms with Crippen molar-refractivity contribution in [2.75, 3.05) is 11.9 Å². The van der Waals surface area contributed by atoms with Gasteiger partial charge in [0.1, 0.15) is 6.61 Å². The molecule has 0 amide bonds. The fraction of sp³-hybridized carbons (Fsp3) is 0.250. The number of hydrogen-bond donors (Lipinski definition) is 2. The monoisotopic (exact) mass is 475 g/mol. The number of halogens is 1. The van der Waals surface area contributed by atoms with E-state index in [4.69, 9.17) is 21.1 Å². The Kier molecular flexibility index (Phi) is 6.20. The standard InChI is InChI=1S/C28H26ClNO4/c1-2-33-26-15-18(9-13-25(26)34-16-17-6-10-20(29)11-7-17)27-22-5-3-4-21(22)23-14-19(28(31)32)8-12-24(23)30-27/h3-4,6-15,21-22,27,30H,2,5,16H2,1H3,(H,31,32)/t21-,22+,27+/m1/s1. The third-order valence-electron chi connectivity index (χ3n) is 6.54. The molecule has 0 unspecified atom stereocenters. The van der Waals surface area contributed by atoms with Crippen molar-refractivity contribution in [3.05, 3.63) is 100 Å². The van der Waals surface area contributed by atoms with Gasteiger partial charge in [-0.15, -0.1) is 0 Å². The number of benzene rings is 3. The molecule has 174 valence electrons. The number of nitrogens with one attached hydrogen (secondary N) is 1. The summed E-state index contributed by atoms with van der Waals surface area (Å²) in [5.74, 6) is 0.983. The average molecular weight is 476 g/mol. The molecular formula is C28H26ClNO4. The van der Waals surface area contributed by atoms with E-state index in [1.165, 1.54) is 0 Å². The van der Waals surface area contributed by atoms with Gasteiger partial charge in [0, 0.05) is 16.6 Å². The predicted octanol–water partition coefficient (Wildman–Crippen LogP) is 6.84. The Labute approximate surface area is 204 Å². The molecule has 5 nitrogen and oxygen atoms in total. The van der Waals surface area contributed by atoms with Crippen LogP contribution in [0.5, 0.6) is 11.5 Å². The molecule has 0 aromatic heterocycles. The third kappa shape index (κ3) is 4.36.